The van der Waals surface area contributed by atoms with E-state index in [0.29, 0.717) is 25.7 Å². The number of carbonyl (C=O) groups is 4. The molecule has 0 fully saturated rings. The van der Waals surface area contributed by atoms with Crippen molar-refractivity contribution < 1.29 is 80.2 Å². The number of hydrogen-bond acceptors (Lipinski definition) is 15. The molecule has 3 N–H and O–H groups in total. The largest absolute Gasteiger partial charge is 0.472 e. The Morgan fingerprint density at radius 2 is 0.529 bits per heavy atom. The molecule has 0 aromatic heterocycles. The number of esters is 4. The van der Waals surface area contributed by atoms with Crippen LogP contribution in [0.5, 0.6) is 0 Å². The van der Waals surface area contributed by atoms with Gasteiger partial charge < -0.3 is 33.8 Å². The van der Waals surface area contributed by atoms with E-state index in [-0.39, 0.29) is 25.7 Å². The number of aliphatic hydroxyl groups excluding tert-OH is 1. The van der Waals surface area contributed by atoms with Crippen LogP contribution in [-0.4, -0.2) is 96.7 Å². The fourth-order valence-electron chi connectivity index (χ4n) is 10.3. The van der Waals surface area contributed by atoms with E-state index < -0.39 is 97.5 Å². The molecule has 0 spiro atoms. The van der Waals surface area contributed by atoms with Crippen molar-refractivity contribution in [1.82, 2.24) is 0 Å². The highest BCUT2D eigenvalue weighted by molar-refractivity contribution is 7.47. The monoisotopic (exact) mass is 1280 g/mol. The van der Waals surface area contributed by atoms with Crippen molar-refractivity contribution in [2.75, 3.05) is 39.6 Å². The average molecular weight is 1280 g/mol. The van der Waals surface area contributed by atoms with E-state index in [1.807, 2.05) is 0 Å². The fraction of sp³-hybridized carbons (Fsp3) is 0.941. The average Bonchev–Trinajstić information content (AvgIpc) is 3.62. The first-order chi connectivity index (χ1) is 42.0. The van der Waals surface area contributed by atoms with Gasteiger partial charge in [-0.15, -0.1) is 0 Å². The molecular formula is C68H132O17P2. The van der Waals surface area contributed by atoms with Gasteiger partial charge in [0, 0.05) is 25.7 Å². The third-order valence-electron chi connectivity index (χ3n) is 15.8. The molecule has 516 valence electrons. The third kappa shape index (κ3) is 62.6. The quantitative estimate of drug-likeness (QED) is 0.0222. The maximum Gasteiger partial charge on any atom is 0.472 e. The van der Waals surface area contributed by atoms with Gasteiger partial charge in [0.1, 0.15) is 19.3 Å². The summed E-state index contributed by atoms with van der Waals surface area (Å²) in [6.07, 6.45) is 47.3. The Morgan fingerprint density at radius 3 is 0.782 bits per heavy atom. The molecule has 0 bridgehead atoms. The maximum atomic E-state index is 13.0. The summed E-state index contributed by atoms with van der Waals surface area (Å²) in [5.74, 6) is -1.32. The van der Waals surface area contributed by atoms with Gasteiger partial charge in [0.2, 0.25) is 0 Å². The van der Waals surface area contributed by atoms with Crippen molar-refractivity contribution in [3.8, 4) is 0 Å². The summed E-state index contributed by atoms with van der Waals surface area (Å²) in [6.45, 7) is 7.21. The zero-order chi connectivity index (χ0) is 64.2. The summed E-state index contributed by atoms with van der Waals surface area (Å²) in [7, 11) is -9.89. The van der Waals surface area contributed by atoms with Gasteiger partial charge in [-0.25, -0.2) is 9.13 Å². The summed E-state index contributed by atoms with van der Waals surface area (Å²) in [6, 6.07) is 0. The minimum Gasteiger partial charge on any atom is -0.462 e. The van der Waals surface area contributed by atoms with Crippen LogP contribution in [-0.2, 0) is 65.4 Å². The molecule has 0 aliphatic carbocycles. The van der Waals surface area contributed by atoms with Gasteiger partial charge in [0.05, 0.1) is 26.4 Å². The Balaban J connectivity index is 5.15. The molecule has 0 aliphatic rings. The summed E-state index contributed by atoms with van der Waals surface area (Å²) in [5.41, 5.74) is 0. The lowest BCUT2D eigenvalue weighted by atomic mass is 10.0. The Labute approximate surface area is 530 Å². The number of phosphoric ester groups is 2. The lowest BCUT2D eigenvalue weighted by Crippen LogP contribution is -2.30. The SMILES string of the molecule is CCCCCCCCCCCCCC(=O)OC[C@H](COP(=O)(O)OC[C@@H](O)COP(=O)(O)OC[C@@H](COC(=O)CCCCCCCCC)OC(=O)CCCCCCCCCCCC)OC(=O)CCCCCCCCCCCCCCCCCCC(C)C. The predicted octanol–water partition coefficient (Wildman–Crippen LogP) is 19.4. The van der Waals surface area contributed by atoms with E-state index in [0.717, 1.165) is 109 Å². The van der Waals surface area contributed by atoms with Crippen LogP contribution in [0.25, 0.3) is 0 Å². The predicted molar refractivity (Wildman–Crippen MR) is 349 cm³/mol. The number of ether oxygens (including phenoxy) is 4. The van der Waals surface area contributed by atoms with Crippen molar-refractivity contribution >= 4 is 39.5 Å². The molecule has 0 saturated heterocycles. The van der Waals surface area contributed by atoms with Crippen molar-refractivity contribution in [3.05, 3.63) is 0 Å². The standard InChI is InChI=1S/C68H132O17P2/c1-6-9-12-15-18-20-28-33-37-42-47-52-66(71)79-58-64(85-68(73)54-49-44-39-34-30-27-25-23-22-24-26-29-31-36-40-45-50-61(4)5)60-83-87(76,77)81-56-62(69)55-80-86(74,75)82-59-63(57-78-65(70)51-46-41-35-17-14-11-8-3)84-67(72)53-48-43-38-32-21-19-16-13-10-7-2/h61-64,69H,6-60H2,1-5H3,(H,74,75)(H,76,77)/t62-,63+,64+/m0/s1. The van der Waals surface area contributed by atoms with E-state index >= 15 is 0 Å². The van der Waals surface area contributed by atoms with Gasteiger partial charge in [-0.3, -0.25) is 37.3 Å². The van der Waals surface area contributed by atoms with Gasteiger partial charge >= 0.3 is 39.5 Å². The molecule has 17 nitrogen and oxygen atoms in total. The van der Waals surface area contributed by atoms with Crippen LogP contribution in [0.15, 0.2) is 0 Å². The molecule has 5 atom stereocenters. The topological polar surface area (TPSA) is 237 Å². The van der Waals surface area contributed by atoms with Crippen LogP contribution in [0.2, 0.25) is 0 Å². The summed E-state index contributed by atoms with van der Waals surface area (Å²) in [4.78, 5) is 72.2. The summed E-state index contributed by atoms with van der Waals surface area (Å²) >= 11 is 0. The van der Waals surface area contributed by atoms with E-state index in [1.54, 1.807) is 0 Å². The maximum absolute atomic E-state index is 13.0. The second kappa shape index (κ2) is 61.6. The molecule has 0 aromatic rings. The number of aliphatic hydroxyl groups is 1. The zero-order valence-electron chi connectivity index (χ0n) is 56.2. The van der Waals surface area contributed by atoms with E-state index in [2.05, 4.69) is 34.6 Å². The molecule has 0 aliphatic heterocycles. The number of phosphoric acid groups is 2. The molecule has 0 amide bonds. The Kier molecular flexibility index (Phi) is 60.2. The number of carbonyl (C=O) groups excluding carboxylic acids is 4. The number of hydrogen-bond donors (Lipinski definition) is 3. The van der Waals surface area contributed by atoms with E-state index in [1.165, 1.54) is 161 Å². The van der Waals surface area contributed by atoms with Gasteiger partial charge in [-0.2, -0.15) is 0 Å². The lowest BCUT2D eigenvalue weighted by Gasteiger charge is -2.21. The minimum atomic E-state index is -4.95. The van der Waals surface area contributed by atoms with Crippen LogP contribution in [0, 0.1) is 5.92 Å². The van der Waals surface area contributed by atoms with Crippen LogP contribution >= 0.6 is 15.6 Å². The molecular weight excluding hydrogens is 1150 g/mol. The number of rotatable bonds is 68. The van der Waals surface area contributed by atoms with E-state index in [9.17, 15) is 43.2 Å². The Morgan fingerprint density at radius 1 is 0.310 bits per heavy atom. The number of unbranched alkanes of at least 4 members (excludes halogenated alkanes) is 40. The molecule has 19 heteroatoms. The fourth-order valence-corrected chi connectivity index (χ4v) is 11.9. The molecule has 87 heavy (non-hydrogen) atoms. The highest BCUT2D eigenvalue weighted by Gasteiger charge is 2.30. The summed E-state index contributed by atoms with van der Waals surface area (Å²) in [5, 5.41) is 10.5. The first-order valence-corrected chi connectivity index (χ1v) is 38.6. The summed E-state index contributed by atoms with van der Waals surface area (Å²) < 4.78 is 68.0. The second-order valence-electron chi connectivity index (χ2n) is 25.0. The zero-order valence-corrected chi connectivity index (χ0v) is 57.9. The lowest BCUT2D eigenvalue weighted by molar-refractivity contribution is -0.161. The molecule has 2 unspecified atom stereocenters. The first kappa shape index (κ1) is 85.1. The third-order valence-corrected chi connectivity index (χ3v) is 17.7. The molecule has 0 radical (unpaired) electrons. The molecule has 0 heterocycles. The molecule has 0 rings (SSSR count). The normalized spacial score (nSPS) is 14.1. The van der Waals surface area contributed by atoms with Gasteiger partial charge in [0.15, 0.2) is 12.2 Å². The van der Waals surface area contributed by atoms with Crippen molar-refractivity contribution in [2.45, 2.75) is 368 Å². The highest BCUT2D eigenvalue weighted by Crippen LogP contribution is 2.45. The van der Waals surface area contributed by atoms with Crippen LogP contribution in [0.4, 0.5) is 0 Å². The Bertz CT molecular complexity index is 1690. The first-order valence-electron chi connectivity index (χ1n) is 35.6. The smallest absolute Gasteiger partial charge is 0.462 e. The van der Waals surface area contributed by atoms with Gasteiger partial charge in [-0.1, -0.05) is 298 Å². The van der Waals surface area contributed by atoms with Crippen LogP contribution < -0.4 is 0 Å². The highest BCUT2D eigenvalue weighted by atomic mass is 31.2. The van der Waals surface area contributed by atoms with Crippen LogP contribution in [0.1, 0.15) is 349 Å². The minimum absolute atomic E-state index is 0.106. The second-order valence-corrected chi connectivity index (χ2v) is 27.9. The Hall–Kier alpha value is -1.94. The van der Waals surface area contributed by atoms with Crippen molar-refractivity contribution in [1.29, 1.82) is 0 Å². The molecule has 0 aromatic carbocycles. The van der Waals surface area contributed by atoms with Crippen LogP contribution in [0.3, 0.4) is 0 Å². The van der Waals surface area contributed by atoms with Crippen molar-refractivity contribution in [3.63, 3.8) is 0 Å². The van der Waals surface area contributed by atoms with Gasteiger partial charge in [0.25, 0.3) is 0 Å². The van der Waals surface area contributed by atoms with Gasteiger partial charge in [-0.05, 0) is 31.6 Å². The van der Waals surface area contributed by atoms with Crippen molar-refractivity contribution in [2.24, 2.45) is 5.92 Å². The molecule has 0 saturated carbocycles. The van der Waals surface area contributed by atoms with E-state index in [4.69, 9.17) is 37.0 Å².